The highest BCUT2D eigenvalue weighted by molar-refractivity contribution is 5.94. The summed E-state index contributed by atoms with van der Waals surface area (Å²) in [7, 11) is 1.75. The second kappa shape index (κ2) is 8.78. The van der Waals surface area contributed by atoms with E-state index in [1.807, 2.05) is 0 Å². The van der Waals surface area contributed by atoms with Crippen LogP contribution in [0.5, 0.6) is 0 Å². The summed E-state index contributed by atoms with van der Waals surface area (Å²) in [6.45, 7) is 0.976. The number of aliphatic hydroxyl groups excluding tert-OH is 1. The van der Waals surface area contributed by atoms with Gasteiger partial charge in [0.25, 0.3) is 5.91 Å². The second-order valence-electron chi connectivity index (χ2n) is 6.40. The predicted octanol–water partition coefficient (Wildman–Crippen LogP) is 1.96. The molecular weight excluding hydrogens is 311 g/mol. The third-order valence-electron chi connectivity index (χ3n) is 4.51. The molecule has 2 unspecified atom stereocenters. The zero-order chi connectivity index (χ0) is 17.5. The molecule has 1 aliphatic carbocycles. The molecule has 2 rings (SSSR count). The van der Waals surface area contributed by atoms with E-state index in [1.54, 1.807) is 11.9 Å². The van der Waals surface area contributed by atoms with Crippen LogP contribution in [0.15, 0.2) is 24.3 Å². The lowest BCUT2D eigenvalue weighted by Gasteiger charge is -2.23. The summed E-state index contributed by atoms with van der Waals surface area (Å²) in [6, 6.07) is 5.34. The maximum atomic E-state index is 12.8. The van der Waals surface area contributed by atoms with E-state index in [0.29, 0.717) is 31.5 Å². The highest BCUT2D eigenvalue weighted by Gasteiger charge is 2.27. The fourth-order valence-corrected chi connectivity index (χ4v) is 3.02. The Morgan fingerprint density at radius 3 is 2.62 bits per heavy atom. The minimum Gasteiger partial charge on any atom is -0.393 e. The number of nitrogens with zero attached hydrogens (tertiary/aromatic N) is 1. The summed E-state index contributed by atoms with van der Waals surface area (Å²) in [4.78, 5) is 25.6. The van der Waals surface area contributed by atoms with Crippen LogP contribution in [0.1, 0.15) is 42.5 Å². The Hall–Kier alpha value is -1.95. The molecule has 1 fully saturated rings. The third kappa shape index (κ3) is 5.30. The number of hydrogen-bond acceptors (Lipinski definition) is 3. The van der Waals surface area contributed by atoms with Crippen molar-refractivity contribution in [1.82, 2.24) is 10.2 Å². The molecule has 2 N–H and O–H groups in total. The van der Waals surface area contributed by atoms with E-state index in [4.69, 9.17) is 0 Å². The van der Waals surface area contributed by atoms with Crippen LogP contribution in [0.25, 0.3) is 0 Å². The highest BCUT2D eigenvalue weighted by atomic mass is 19.1. The molecule has 0 bridgehead atoms. The Morgan fingerprint density at radius 2 is 2.00 bits per heavy atom. The van der Waals surface area contributed by atoms with E-state index < -0.39 is 0 Å². The number of rotatable bonds is 7. The number of halogens is 1. The first-order valence-electron chi connectivity index (χ1n) is 8.43. The first kappa shape index (κ1) is 18.4. The molecule has 0 radical (unpaired) electrons. The van der Waals surface area contributed by atoms with Crippen LogP contribution in [0.3, 0.4) is 0 Å². The summed E-state index contributed by atoms with van der Waals surface area (Å²) in [5, 5.41) is 12.5. The minimum atomic E-state index is -0.382. The van der Waals surface area contributed by atoms with Crippen molar-refractivity contribution in [1.29, 1.82) is 0 Å². The molecule has 1 saturated carbocycles. The van der Waals surface area contributed by atoms with E-state index in [1.165, 1.54) is 24.3 Å². The van der Waals surface area contributed by atoms with Gasteiger partial charge in [0.15, 0.2) is 0 Å². The van der Waals surface area contributed by atoms with Gasteiger partial charge < -0.3 is 15.3 Å². The molecule has 2 amide bonds. The van der Waals surface area contributed by atoms with E-state index in [-0.39, 0.29) is 29.7 Å². The number of carbonyl (C=O) groups is 2. The number of amides is 2. The van der Waals surface area contributed by atoms with Gasteiger partial charge in [0, 0.05) is 38.0 Å². The molecule has 5 nitrogen and oxygen atoms in total. The molecule has 0 aliphatic heterocycles. The number of aliphatic hydroxyl groups is 1. The lowest BCUT2D eigenvalue weighted by Crippen LogP contribution is -2.35. The Kier molecular flexibility index (Phi) is 6.73. The van der Waals surface area contributed by atoms with Gasteiger partial charge in [-0.2, -0.15) is 0 Å². The Labute approximate surface area is 141 Å². The van der Waals surface area contributed by atoms with Crippen molar-refractivity contribution in [3.05, 3.63) is 35.6 Å². The van der Waals surface area contributed by atoms with E-state index in [9.17, 15) is 19.1 Å². The standard InChI is InChI=1S/C18H25FN2O3/c1-21(12-14-4-2-5-16(14)22)17(23)6-3-11-20-18(24)13-7-9-15(19)10-8-13/h7-10,14,16,22H,2-6,11-12H2,1H3,(H,20,24). The fraction of sp³-hybridized carbons (Fsp3) is 0.556. The van der Waals surface area contributed by atoms with Crippen LogP contribution < -0.4 is 5.32 Å². The van der Waals surface area contributed by atoms with Crippen molar-refractivity contribution in [3.63, 3.8) is 0 Å². The maximum Gasteiger partial charge on any atom is 0.251 e. The molecule has 0 spiro atoms. The van der Waals surface area contributed by atoms with Gasteiger partial charge in [0.05, 0.1) is 6.10 Å². The quantitative estimate of drug-likeness (QED) is 0.748. The largest absolute Gasteiger partial charge is 0.393 e. The summed E-state index contributed by atoms with van der Waals surface area (Å²) >= 11 is 0. The first-order valence-corrected chi connectivity index (χ1v) is 8.43. The molecule has 24 heavy (non-hydrogen) atoms. The van der Waals surface area contributed by atoms with Crippen LogP contribution in [-0.4, -0.2) is 48.1 Å². The minimum absolute atomic E-state index is 0.0186. The van der Waals surface area contributed by atoms with Crippen molar-refractivity contribution < 1.29 is 19.1 Å². The van der Waals surface area contributed by atoms with Crippen LogP contribution in [0.4, 0.5) is 4.39 Å². The molecule has 2 atom stereocenters. The molecule has 1 aromatic carbocycles. The van der Waals surface area contributed by atoms with Crippen LogP contribution >= 0.6 is 0 Å². The smallest absolute Gasteiger partial charge is 0.251 e. The fourth-order valence-electron chi connectivity index (χ4n) is 3.02. The van der Waals surface area contributed by atoms with Gasteiger partial charge in [0.1, 0.15) is 5.82 Å². The van der Waals surface area contributed by atoms with E-state index in [2.05, 4.69) is 5.32 Å². The molecule has 132 valence electrons. The lowest BCUT2D eigenvalue weighted by atomic mass is 10.1. The zero-order valence-electron chi connectivity index (χ0n) is 14.0. The molecule has 1 aromatic rings. The van der Waals surface area contributed by atoms with Gasteiger partial charge in [-0.1, -0.05) is 6.42 Å². The van der Waals surface area contributed by atoms with Crippen LogP contribution in [0.2, 0.25) is 0 Å². The van der Waals surface area contributed by atoms with Crippen LogP contribution in [-0.2, 0) is 4.79 Å². The van der Waals surface area contributed by atoms with Crippen molar-refractivity contribution in [2.45, 2.75) is 38.2 Å². The van der Waals surface area contributed by atoms with Gasteiger partial charge in [-0.05, 0) is 43.5 Å². The highest BCUT2D eigenvalue weighted by Crippen LogP contribution is 2.26. The molecule has 1 aliphatic rings. The number of benzene rings is 1. The maximum absolute atomic E-state index is 12.8. The number of hydrogen-bond donors (Lipinski definition) is 2. The summed E-state index contributed by atoms with van der Waals surface area (Å²) in [6.07, 6.45) is 3.40. The normalized spacial score (nSPS) is 20.0. The molecule has 0 aromatic heterocycles. The van der Waals surface area contributed by atoms with Crippen molar-refractivity contribution >= 4 is 11.8 Å². The SMILES string of the molecule is CN(CC1CCCC1O)C(=O)CCCNC(=O)c1ccc(F)cc1. The van der Waals surface area contributed by atoms with Gasteiger partial charge in [-0.15, -0.1) is 0 Å². The van der Waals surface area contributed by atoms with E-state index in [0.717, 1.165) is 19.3 Å². The predicted molar refractivity (Wildman–Crippen MR) is 89.0 cm³/mol. The Morgan fingerprint density at radius 1 is 1.29 bits per heavy atom. The summed E-state index contributed by atoms with van der Waals surface area (Å²) < 4.78 is 12.8. The molecular formula is C18H25FN2O3. The van der Waals surface area contributed by atoms with Crippen molar-refractivity contribution in [3.8, 4) is 0 Å². The average molecular weight is 336 g/mol. The number of carbonyl (C=O) groups excluding carboxylic acids is 2. The first-order chi connectivity index (χ1) is 11.5. The Balaban J connectivity index is 1.65. The molecule has 0 heterocycles. The van der Waals surface area contributed by atoms with Crippen molar-refractivity contribution in [2.75, 3.05) is 20.1 Å². The van der Waals surface area contributed by atoms with Gasteiger partial charge >= 0.3 is 0 Å². The zero-order valence-corrected chi connectivity index (χ0v) is 14.0. The van der Waals surface area contributed by atoms with Gasteiger partial charge in [-0.25, -0.2) is 4.39 Å². The second-order valence-corrected chi connectivity index (χ2v) is 6.40. The third-order valence-corrected chi connectivity index (χ3v) is 4.51. The van der Waals surface area contributed by atoms with Crippen LogP contribution in [0, 0.1) is 11.7 Å². The monoisotopic (exact) mass is 336 g/mol. The Bertz CT molecular complexity index is 562. The average Bonchev–Trinajstić information content (AvgIpc) is 2.96. The lowest BCUT2D eigenvalue weighted by molar-refractivity contribution is -0.130. The topological polar surface area (TPSA) is 69.6 Å². The van der Waals surface area contributed by atoms with E-state index >= 15 is 0 Å². The summed E-state index contributed by atoms with van der Waals surface area (Å²) in [5.41, 5.74) is 0.398. The summed E-state index contributed by atoms with van der Waals surface area (Å²) in [5.74, 6) is -0.459. The van der Waals surface area contributed by atoms with Crippen molar-refractivity contribution in [2.24, 2.45) is 5.92 Å². The number of nitrogens with one attached hydrogen (secondary N) is 1. The van der Waals surface area contributed by atoms with Gasteiger partial charge in [0.2, 0.25) is 5.91 Å². The van der Waals surface area contributed by atoms with Gasteiger partial charge in [-0.3, -0.25) is 9.59 Å². The molecule has 0 saturated heterocycles. The molecule has 6 heteroatoms.